The maximum absolute atomic E-state index is 11.9. The monoisotopic (exact) mass is 418 g/mol. The first-order valence-electron chi connectivity index (χ1n) is 10.1. The quantitative estimate of drug-likeness (QED) is 0.374. The molecule has 2 aliphatic heterocycles. The molecule has 0 spiro atoms. The fraction of sp³-hybridized carbons (Fsp3) is 0.0870. The van der Waals surface area contributed by atoms with Gasteiger partial charge in [-0.2, -0.15) is 20.0 Å². The predicted octanol–water partition coefficient (Wildman–Crippen LogP) is 0.589. The fourth-order valence-electron chi connectivity index (χ4n) is 5.66. The second kappa shape index (κ2) is 5.02. The van der Waals surface area contributed by atoms with Crippen LogP contribution >= 0.6 is 0 Å². The van der Waals surface area contributed by atoms with E-state index >= 15 is 0 Å². The standard InChI is InChI=1S/C23H10N6O3/c30-21-24-13-1-7-8(2-14(13)25-21)20-11-5-17-15(26-22(31)28-17)3-9(11)19(7)10-4-16-18(6-12(10)20)29-23(32)27-16/h1-6,19-20H,(H2,24,25,30). The minimum absolute atomic E-state index is 0.157. The zero-order valence-electron chi connectivity index (χ0n) is 16.1. The number of rotatable bonds is 0. The Morgan fingerprint density at radius 2 is 0.812 bits per heavy atom. The Morgan fingerprint density at radius 1 is 0.500 bits per heavy atom. The van der Waals surface area contributed by atoms with Crippen molar-refractivity contribution in [2.75, 3.05) is 0 Å². The molecule has 0 fully saturated rings. The van der Waals surface area contributed by atoms with Crippen LogP contribution < -0.4 is 27.1 Å². The third kappa shape index (κ3) is 1.82. The summed E-state index contributed by atoms with van der Waals surface area (Å²) >= 11 is 0. The highest BCUT2D eigenvalue weighted by Crippen LogP contribution is 2.55. The van der Waals surface area contributed by atoms with E-state index < -0.39 is 12.1 Å². The highest BCUT2D eigenvalue weighted by atomic mass is 16.2. The van der Waals surface area contributed by atoms with Gasteiger partial charge < -0.3 is 9.97 Å². The van der Waals surface area contributed by atoms with Gasteiger partial charge >= 0.3 is 17.8 Å². The van der Waals surface area contributed by atoms with Crippen LogP contribution in [0.5, 0.6) is 0 Å². The largest absolute Gasteiger partial charge is 0.368 e. The van der Waals surface area contributed by atoms with E-state index in [0.717, 1.165) is 44.4 Å². The number of nitrogens with one attached hydrogen (secondary N) is 2. The van der Waals surface area contributed by atoms with Gasteiger partial charge in [-0.05, 0) is 69.8 Å². The number of aromatic amines is 2. The van der Waals surface area contributed by atoms with Gasteiger partial charge in [0.2, 0.25) is 0 Å². The van der Waals surface area contributed by atoms with Crippen LogP contribution in [0.25, 0.3) is 11.0 Å². The van der Waals surface area contributed by atoms with Crippen molar-refractivity contribution < 1.29 is 9.59 Å². The van der Waals surface area contributed by atoms with Gasteiger partial charge in [-0.1, -0.05) is 0 Å². The lowest BCUT2D eigenvalue weighted by Gasteiger charge is -2.42. The fourth-order valence-corrected chi connectivity index (χ4v) is 5.66. The number of hydrogen-bond donors (Lipinski definition) is 2. The first-order chi connectivity index (χ1) is 15.5. The van der Waals surface area contributed by atoms with Gasteiger partial charge in [0.1, 0.15) is 0 Å². The molecule has 150 valence electrons. The van der Waals surface area contributed by atoms with Gasteiger partial charge in [0.15, 0.2) is 0 Å². The Morgan fingerprint density at radius 3 is 1.16 bits per heavy atom. The molecule has 0 saturated heterocycles. The minimum Gasteiger partial charge on any atom is -0.306 e. The Hall–Kier alpha value is -4.53. The predicted molar refractivity (Wildman–Crippen MR) is 109 cm³/mol. The highest BCUT2D eigenvalue weighted by Gasteiger charge is 2.42. The molecular formula is C23H10N6O3. The molecule has 4 aromatic rings. The molecule has 4 amide bonds. The number of urea groups is 2. The molecule has 0 radical (unpaired) electrons. The van der Waals surface area contributed by atoms with Crippen LogP contribution in [0.3, 0.4) is 0 Å². The second-order valence-electron chi connectivity index (χ2n) is 8.42. The number of carbonyl (C=O) groups excluding carboxylic acids is 2. The third-order valence-electron chi connectivity index (χ3n) is 6.81. The molecule has 5 aliphatic rings. The molecule has 2 bridgehead atoms. The number of H-pyrrole nitrogens is 2. The van der Waals surface area contributed by atoms with Crippen molar-refractivity contribution >= 4 is 23.1 Å². The SMILES string of the molecule is O=C1N=c2cc3c(cc2=N1)C1c2cc4c(cc2C3c2cc3[nH]c(=O)[nH]c3cc21)=NC(=O)N=4. The Bertz CT molecular complexity index is 1730. The molecule has 3 aromatic carbocycles. The highest BCUT2D eigenvalue weighted by molar-refractivity contribution is 5.82. The number of hydrogen-bond acceptors (Lipinski definition) is 3. The molecule has 9 nitrogen and oxygen atoms in total. The van der Waals surface area contributed by atoms with E-state index in [1.807, 2.05) is 36.4 Å². The van der Waals surface area contributed by atoms with Crippen LogP contribution in [0, 0.1) is 0 Å². The summed E-state index contributed by atoms with van der Waals surface area (Å²) in [5, 5.41) is 2.27. The van der Waals surface area contributed by atoms with Crippen LogP contribution in [0.4, 0.5) is 9.59 Å². The van der Waals surface area contributed by atoms with Gasteiger partial charge in [-0.15, -0.1) is 0 Å². The van der Waals surface area contributed by atoms with Gasteiger partial charge in [-0.25, -0.2) is 14.4 Å². The summed E-state index contributed by atoms with van der Waals surface area (Å²) in [6, 6.07) is 10.8. The molecule has 0 atom stereocenters. The third-order valence-corrected chi connectivity index (χ3v) is 6.81. The number of imidazole rings is 1. The number of carbonyl (C=O) groups is 2. The topological polar surface area (TPSA) is 132 Å². The Kier molecular flexibility index (Phi) is 2.54. The first kappa shape index (κ1) is 16.2. The minimum atomic E-state index is -0.495. The maximum atomic E-state index is 11.9. The van der Waals surface area contributed by atoms with Gasteiger partial charge in [0.25, 0.3) is 0 Å². The first-order valence-corrected chi connectivity index (χ1v) is 10.1. The van der Waals surface area contributed by atoms with Crippen molar-refractivity contribution in [2.45, 2.75) is 11.8 Å². The van der Waals surface area contributed by atoms with E-state index in [1.54, 1.807) is 0 Å². The summed E-state index contributed by atoms with van der Waals surface area (Å²) in [6.45, 7) is 0. The van der Waals surface area contributed by atoms with Crippen molar-refractivity contribution in [1.29, 1.82) is 0 Å². The molecule has 3 heterocycles. The van der Waals surface area contributed by atoms with E-state index in [4.69, 9.17) is 0 Å². The van der Waals surface area contributed by atoms with Gasteiger partial charge in [0.05, 0.1) is 32.5 Å². The number of benzene rings is 3. The average Bonchev–Trinajstić information content (AvgIpc) is 3.41. The summed E-state index contributed by atoms with van der Waals surface area (Å²) in [7, 11) is 0. The Labute approximate surface area is 176 Å². The summed E-state index contributed by atoms with van der Waals surface area (Å²) in [6.07, 6.45) is 0. The molecule has 32 heavy (non-hydrogen) atoms. The molecular weight excluding hydrogens is 408 g/mol. The summed E-state index contributed by atoms with van der Waals surface area (Å²) in [5.41, 5.74) is 7.52. The number of aromatic nitrogens is 2. The van der Waals surface area contributed by atoms with Gasteiger partial charge in [-0.3, -0.25) is 0 Å². The molecule has 1 aromatic heterocycles. The summed E-state index contributed by atoms with van der Waals surface area (Å²) in [5.74, 6) is -0.314. The number of amides is 4. The molecule has 9 rings (SSSR count). The van der Waals surface area contributed by atoms with Crippen molar-refractivity contribution in [3.8, 4) is 0 Å². The maximum Gasteiger partial charge on any atom is 0.368 e. The van der Waals surface area contributed by atoms with Crippen LogP contribution in [-0.2, 0) is 0 Å². The van der Waals surface area contributed by atoms with E-state index in [1.165, 1.54) is 0 Å². The Balaban J connectivity index is 1.54. The summed E-state index contributed by atoms with van der Waals surface area (Å²) in [4.78, 5) is 57.4. The molecule has 9 heteroatoms. The van der Waals surface area contributed by atoms with Crippen molar-refractivity contribution in [3.05, 3.63) is 102 Å². The molecule has 3 aliphatic carbocycles. The van der Waals surface area contributed by atoms with E-state index in [9.17, 15) is 14.4 Å². The van der Waals surface area contributed by atoms with Crippen molar-refractivity contribution in [3.63, 3.8) is 0 Å². The van der Waals surface area contributed by atoms with Crippen LogP contribution in [-0.4, -0.2) is 22.0 Å². The van der Waals surface area contributed by atoms with E-state index in [-0.39, 0.29) is 17.5 Å². The van der Waals surface area contributed by atoms with Crippen LogP contribution in [0.15, 0.2) is 61.2 Å². The zero-order valence-corrected chi connectivity index (χ0v) is 16.1. The normalized spacial score (nSPS) is 20.5. The van der Waals surface area contributed by atoms with E-state index in [0.29, 0.717) is 21.4 Å². The van der Waals surface area contributed by atoms with Crippen LogP contribution in [0.2, 0.25) is 0 Å². The average molecular weight is 418 g/mol. The van der Waals surface area contributed by atoms with Gasteiger partial charge in [0, 0.05) is 11.8 Å². The van der Waals surface area contributed by atoms with Crippen molar-refractivity contribution in [2.24, 2.45) is 20.0 Å². The molecule has 2 N–H and O–H groups in total. The van der Waals surface area contributed by atoms with E-state index in [2.05, 4.69) is 29.9 Å². The lowest BCUT2D eigenvalue weighted by Crippen LogP contribution is -2.36. The zero-order chi connectivity index (χ0) is 21.3. The molecule has 0 unspecified atom stereocenters. The number of nitrogens with zero attached hydrogens (tertiary/aromatic N) is 4. The van der Waals surface area contributed by atoms with Crippen molar-refractivity contribution in [1.82, 2.24) is 9.97 Å². The van der Waals surface area contributed by atoms with Crippen LogP contribution in [0.1, 0.15) is 45.2 Å². The summed E-state index contributed by atoms with van der Waals surface area (Å²) < 4.78 is 0. The smallest absolute Gasteiger partial charge is 0.306 e. The lowest BCUT2D eigenvalue weighted by atomic mass is 9.61. The number of fused-ring (bicyclic) bond motifs is 3. The second-order valence-corrected chi connectivity index (χ2v) is 8.42. The molecule has 0 saturated carbocycles. The lowest BCUT2D eigenvalue weighted by molar-refractivity contribution is 0.256.